The lowest BCUT2D eigenvalue weighted by Crippen LogP contribution is -2.28. The van der Waals surface area contributed by atoms with Crippen LogP contribution in [0.4, 0.5) is 19.3 Å². The lowest BCUT2D eigenvalue weighted by molar-refractivity contribution is 0.0790. The zero-order valence-electron chi connectivity index (χ0n) is 15.0. The van der Waals surface area contributed by atoms with Crippen molar-refractivity contribution < 1.29 is 18.3 Å². The average Bonchev–Trinajstić information content (AvgIpc) is 3.12. The van der Waals surface area contributed by atoms with Crippen molar-refractivity contribution >= 4 is 11.7 Å². The lowest BCUT2D eigenvalue weighted by Gasteiger charge is -2.11. The van der Waals surface area contributed by atoms with Gasteiger partial charge in [-0.05, 0) is 18.2 Å². The van der Waals surface area contributed by atoms with E-state index in [1.54, 1.807) is 48.4 Å². The Labute approximate surface area is 159 Å². The van der Waals surface area contributed by atoms with E-state index in [0.717, 1.165) is 5.56 Å². The largest absolute Gasteiger partial charge is 0.471 e. The van der Waals surface area contributed by atoms with E-state index in [1.165, 1.54) is 6.20 Å². The number of aryl methyl sites for hydroxylation is 1. The quantitative estimate of drug-likeness (QED) is 0.649. The number of halogens is 2. The summed E-state index contributed by atoms with van der Waals surface area (Å²) in [5, 5.41) is 9.57. The molecule has 146 valence electrons. The van der Waals surface area contributed by atoms with Crippen LogP contribution in [0.15, 0.2) is 48.9 Å². The van der Waals surface area contributed by atoms with Gasteiger partial charge in [0.1, 0.15) is 6.33 Å². The summed E-state index contributed by atoms with van der Waals surface area (Å²) in [4.78, 5) is 20.3. The zero-order valence-corrected chi connectivity index (χ0v) is 15.0. The molecule has 28 heavy (non-hydrogen) atoms. The summed E-state index contributed by atoms with van der Waals surface area (Å²) in [5.41, 5.74) is 1.81. The molecule has 2 N–H and O–H groups in total. The number of ether oxygens (including phenoxy) is 1. The molecule has 0 atom stereocenters. The lowest BCUT2D eigenvalue weighted by atomic mass is 10.2. The predicted molar refractivity (Wildman–Crippen MR) is 98.0 cm³/mol. The zero-order chi connectivity index (χ0) is 19.9. The second-order valence-electron chi connectivity index (χ2n) is 5.80. The van der Waals surface area contributed by atoms with Gasteiger partial charge >= 0.3 is 6.03 Å². The highest BCUT2D eigenvalue weighted by atomic mass is 19.3. The van der Waals surface area contributed by atoms with Gasteiger partial charge in [0.2, 0.25) is 5.88 Å². The van der Waals surface area contributed by atoms with E-state index in [9.17, 15) is 13.6 Å². The number of aromatic nitrogens is 4. The fourth-order valence-electron chi connectivity index (χ4n) is 2.39. The normalized spacial score (nSPS) is 10.7. The number of benzene rings is 1. The standard InChI is InChI=1S/C18H18F2N6O2/c1-26-11-23-16(25-26)12-4-2-6-14(8-12)24-18(27)22-9-13-5-3-7-21-17(13)28-10-15(19)20/h2-8,11,15H,9-10H2,1H3,(H2,22,24,27). The van der Waals surface area contributed by atoms with Gasteiger partial charge in [-0.25, -0.2) is 23.5 Å². The van der Waals surface area contributed by atoms with Crippen LogP contribution in [0.5, 0.6) is 5.88 Å². The third-order valence-corrected chi connectivity index (χ3v) is 3.61. The molecule has 0 aliphatic heterocycles. The van der Waals surface area contributed by atoms with Crippen molar-refractivity contribution in [2.24, 2.45) is 7.05 Å². The highest BCUT2D eigenvalue weighted by Crippen LogP contribution is 2.19. The molecule has 0 fully saturated rings. The molecule has 0 bridgehead atoms. The van der Waals surface area contributed by atoms with E-state index >= 15 is 0 Å². The minimum absolute atomic E-state index is 0.0614. The molecular formula is C18H18F2N6O2. The van der Waals surface area contributed by atoms with Gasteiger partial charge in [-0.15, -0.1) is 0 Å². The van der Waals surface area contributed by atoms with Crippen molar-refractivity contribution in [3.63, 3.8) is 0 Å². The number of hydrogen-bond donors (Lipinski definition) is 2. The number of amides is 2. The average molecular weight is 388 g/mol. The van der Waals surface area contributed by atoms with Crippen LogP contribution in [-0.4, -0.2) is 38.8 Å². The van der Waals surface area contributed by atoms with E-state index in [1.807, 2.05) is 6.07 Å². The molecule has 0 aliphatic carbocycles. The minimum atomic E-state index is -2.60. The van der Waals surface area contributed by atoms with Crippen LogP contribution in [0.3, 0.4) is 0 Å². The molecule has 1 aromatic carbocycles. The first-order chi connectivity index (χ1) is 13.5. The van der Waals surface area contributed by atoms with Crippen LogP contribution in [0.1, 0.15) is 5.56 Å². The highest BCUT2D eigenvalue weighted by molar-refractivity contribution is 5.89. The number of pyridine rings is 1. The fraction of sp³-hybridized carbons (Fsp3) is 0.222. The van der Waals surface area contributed by atoms with E-state index in [-0.39, 0.29) is 12.4 Å². The number of carbonyl (C=O) groups is 1. The Bertz CT molecular complexity index is 947. The second-order valence-corrected chi connectivity index (χ2v) is 5.80. The molecule has 2 aromatic heterocycles. The monoisotopic (exact) mass is 388 g/mol. The van der Waals surface area contributed by atoms with Gasteiger partial charge in [-0.3, -0.25) is 4.68 Å². The van der Waals surface area contributed by atoms with E-state index in [2.05, 4.69) is 25.7 Å². The molecule has 2 amide bonds. The number of carbonyl (C=O) groups excluding carboxylic acids is 1. The SMILES string of the molecule is Cn1cnc(-c2cccc(NC(=O)NCc3cccnc3OCC(F)F)c2)n1. The van der Waals surface area contributed by atoms with Crippen molar-refractivity contribution in [3.05, 3.63) is 54.5 Å². The Balaban J connectivity index is 1.59. The number of rotatable bonds is 7. The summed E-state index contributed by atoms with van der Waals surface area (Å²) in [6.07, 6.45) is 0.414. The second kappa shape index (κ2) is 8.89. The fourth-order valence-corrected chi connectivity index (χ4v) is 2.39. The molecule has 0 saturated heterocycles. The van der Waals surface area contributed by atoms with Gasteiger partial charge in [-0.1, -0.05) is 18.2 Å². The number of hydrogen-bond acceptors (Lipinski definition) is 5. The van der Waals surface area contributed by atoms with Crippen LogP contribution >= 0.6 is 0 Å². The summed E-state index contributed by atoms with van der Waals surface area (Å²) in [5.74, 6) is 0.606. The van der Waals surface area contributed by atoms with Crippen molar-refractivity contribution in [1.82, 2.24) is 25.1 Å². The van der Waals surface area contributed by atoms with Gasteiger partial charge in [0.15, 0.2) is 12.4 Å². The predicted octanol–water partition coefficient (Wildman–Crippen LogP) is 2.84. The molecule has 3 aromatic rings. The number of urea groups is 1. The molecule has 8 nitrogen and oxygen atoms in total. The number of anilines is 1. The van der Waals surface area contributed by atoms with Crippen molar-refractivity contribution in [2.75, 3.05) is 11.9 Å². The van der Waals surface area contributed by atoms with E-state index < -0.39 is 19.1 Å². The van der Waals surface area contributed by atoms with Crippen LogP contribution in [0, 0.1) is 0 Å². The van der Waals surface area contributed by atoms with Crippen LogP contribution in [0.25, 0.3) is 11.4 Å². The first-order valence-electron chi connectivity index (χ1n) is 8.37. The molecular weight excluding hydrogens is 370 g/mol. The Kier molecular flexibility index (Phi) is 6.10. The van der Waals surface area contributed by atoms with Crippen LogP contribution in [0.2, 0.25) is 0 Å². The molecule has 0 saturated carbocycles. The molecule has 0 aliphatic rings. The maximum absolute atomic E-state index is 12.3. The van der Waals surface area contributed by atoms with Crippen molar-refractivity contribution in [3.8, 4) is 17.3 Å². The van der Waals surface area contributed by atoms with E-state index in [4.69, 9.17) is 4.74 Å². The summed E-state index contributed by atoms with van der Waals surface area (Å²) in [7, 11) is 1.77. The van der Waals surface area contributed by atoms with Gasteiger partial charge in [-0.2, -0.15) is 5.10 Å². The van der Waals surface area contributed by atoms with Crippen LogP contribution < -0.4 is 15.4 Å². The molecule has 10 heteroatoms. The molecule has 0 unspecified atom stereocenters. The van der Waals surface area contributed by atoms with Gasteiger partial charge in [0.25, 0.3) is 6.43 Å². The maximum atomic E-state index is 12.3. The maximum Gasteiger partial charge on any atom is 0.319 e. The Morgan fingerprint density at radius 1 is 1.25 bits per heavy atom. The summed E-state index contributed by atoms with van der Waals surface area (Å²) >= 11 is 0. The number of nitrogens with one attached hydrogen (secondary N) is 2. The molecule has 0 radical (unpaired) electrons. The summed E-state index contributed by atoms with van der Waals surface area (Å²) in [6.45, 7) is -0.690. The van der Waals surface area contributed by atoms with Gasteiger partial charge in [0.05, 0.1) is 0 Å². The topological polar surface area (TPSA) is 94.0 Å². The van der Waals surface area contributed by atoms with Gasteiger partial charge in [0, 0.05) is 36.6 Å². The highest BCUT2D eigenvalue weighted by Gasteiger charge is 2.11. The summed E-state index contributed by atoms with van der Waals surface area (Å²) in [6, 6.07) is 9.90. The first kappa shape index (κ1) is 19.2. The van der Waals surface area contributed by atoms with Gasteiger partial charge < -0.3 is 15.4 Å². The van der Waals surface area contributed by atoms with Crippen LogP contribution in [-0.2, 0) is 13.6 Å². The molecule has 0 spiro atoms. The third-order valence-electron chi connectivity index (χ3n) is 3.61. The Hall–Kier alpha value is -3.56. The first-order valence-corrected chi connectivity index (χ1v) is 8.37. The Morgan fingerprint density at radius 3 is 2.86 bits per heavy atom. The molecule has 2 heterocycles. The Morgan fingerprint density at radius 2 is 2.11 bits per heavy atom. The minimum Gasteiger partial charge on any atom is -0.471 e. The van der Waals surface area contributed by atoms with E-state index in [0.29, 0.717) is 17.1 Å². The number of alkyl halides is 2. The van der Waals surface area contributed by atoms with Crippen molar-refractivity contribution in [2.45, 2.75) is 13.0 Å². The van der Waals surface area contributed by atoms with Crippen molar-refractivity contribution in [1.29, 1.82) is 0 Å². The smallest absolute Gasteiger partial charge is 0.319 e. The number of nitrogens with zero attached hydrogens (tertiary/aromatic N) is 4. The third kappa shape index (κ3) is 5.22. The summed E-state index contributed by atoms with van der Waals surface area (Å²) < 4.78 is 31.2. The molecule has 3 rings (SSSR count).